The van der Waals surface area contributed by atoms with E-state index < -0.39 is 4.92 Å². The molecule has 0 bridgehead atoms. The zero-order valence-electron chi connectivity index (χ0n) is 11.7. The fourth-order valence-corrected chi connectivity index (χ4v) is 2.22. The van der Waals surface area contributed by atoms with Crippen LogP contribution in [-0.4, -0.2) is 52.4 Å². The topological polar surface area (TPSA) is 110 Å². The first kappa shape index (κ1) is 14.9. The number of ether oxygens (including phenoxy) is 1. The van der Waals surface area contributed by atoms with Crippen molar-refractivity contribution in [2.24, 2.45) is 0 Å². The summed E-state index contributed by atoms with van der Waals surface area (Å²) in [4.78, 5) is 31.7. The second kappa shape index (κ2) is 6.82. The molecular formula is C12H17N5O4. The van der Waals surface area contributed by atoms with Crippen molar-refractivity contribution in [2.45, 2.75) is 19.3 Å². The van der Waals surface area contributed by atoms with Gasteiger partial charge in [0.2, 0.25) is 11.7 Å². The molecule has 2 heterocycles. The third kappa shape index (κ3) is 3.56. The van der Waals surface area contributed by atoms with Crippen LogP contribution in [-0.2, 0) is 4.79 Å². The van der Waals surface area contributed by atoms with Crippen molar-refractivity contribution in [3.05, 3.63) is 16.4 Å². The smallest absolute Gasteiger partial charge is 0.372 e. The van der Waals surface area contributed by atoms with Crippen LogP contribution in [0.25, 0.3) is 0 Å². The van der Waals surface area contributed by atoms with Gasteiger partial charge in [-0.05, 0) is 19.3 Å². The molecule has 1 fully saturated rings. The minimum atomic E-state index is -0.632. The first-order chi connectivity index (χ1) is 10.1. The predicted octanol–water partition coefficient (Wildman–Crippen LogP) is 0.818. The van der Waals surface area contributed by atoms with Gasteiger partial charge in [-0.15, -0.1) is 0 Å². The molecular weight excluding hydrogens is 278 g/mol. The van der Waals surface area contributed by atoms with Crippen LogP contribution in [0.2, 0.25) is 0 Å². The Kier molecular flexibility index (Phi) is 4.85. The molecule has 2 rings (SSSR count). The minimum Gasteiger partial charge on any atom is -0.476 e. The van der Waals surface area contributed by atoms with Crippen molar-refractivity contribution in [1.82, 2.24) is 14.9 Å². The summed E-state index contributed by atoms with van der Waals surface area (Å²) in [6.45, 7) is 1.42. The van der Waals surface area contributed by atoms with Crippen molar-refractivity contribution < 1.29 is 14.5 Å². The van der Waals surface area contributed by atoms with E-state index in [1.165, 1.54) is 7.11 Å². The molecule has 0 spiro atoms. The van der Waals surface area contributed by atoms with Crippen molar-refractivity contribution in [2.75, 3.05) is 32.1 Å². The lowest BCUT2D eigenvalue weighted by molar-refractivity contribution is -0.385. The van der Waals surface area contributed by atoms with E-state index in [9.17, 15) is 14.9 Å². The first-order valence-electron chi connectivity index (χ1n) is 6.68. The SMILES string of the molecule is COc1ncnc(NCC(=O)N2CCCCC2)c1[N+](=O)[O-]. The Labute approximate surface area is 121 Å². The molecule has 9 nitrogen and oxygen atoms in total. The van der Waals surface area contributed by atoms with Crippen molar-refractivity contribution in [1.29, 1.82) is 0 Å². The van der Waals surface area contributed by atoms with Crippen LogP contribution in [0.3, 0.4) is 0 Å². The van der Waals surface area contributed by atoms with E-state index in [0.29, 0.717) is 0 Å². The fraction of sp³-hybridized carbons (Fsp3) is 0.583. The number of amides is 1. The van der Waals surface area contributed by atoms with Crippen molar-refractivity contribution in [3.8, 4) is 5.88 Å². The number of methoxy groups -OCH3 is 1. The van der Waals surface area contributed by atoms with Gasteiger partial charge in [-0.25, -0.2) is 4.98 Å². The van der Waals surface area contributed by atoms with Gasteiger partial charge in [0.25, 0.3) is 5.88 Å². The molecule has 0 unspecified atom stereocenters. The lowest BCUT2D eigenvalue weighted by atomic mass is 10.1. The molecule has 9 heteroatoms. The molecule has 114 valence electrons. The van der Waals surface area contributed by atoms with Gasteiger partial charge in [0.05, 0.1) is 18.6 Å². The second-order valence-electron chi connectivity index (χ2n) is 4.63. The Morgan fingerprint density at radius 3 is 2.76 bits per heavy atom. The summed E-state index contributed by atoms with van der Waals surface area (Å²) < 4.78 is 4.84. The number of nitro groups is 1. The number of rotatable bonds is 5. The predicted molar refractivity (Wildman–Crippen MR) is 74.2 cm³/mol. The van der Waals surface area contributed by atoms with Gasteiger partial charge in [-0.1, -0.05) is 0 Å². The molecule has 1 aliphatic rings. The average Bonchev–Trinajstić information content (AvgIpc) is 2.52. The number of aromatic nitrogens is 2. The molecule has 0 aromatic carbocycles. The normalized spacial score (nSPS) is 14.6. The number of nitrogens with one attached hydrogen (secondary N) is 1. The molecule has 0 atom stereocenters. The monoisotopic (exact) mass is 295 g/mol. The Morgan fingerprint density at radius 2 is 2.14 bits per heavy atom. The number of piperidine rings is 1. The van der Waals surface area contributed by atoms with Crippen LogP contribution in [0.15, 0.2) is 6.33 Å². The highest BCUT2D eigenvalue weighted by atomic mass is 16.6. The maximum atomic E-state index is 12.0. The van der Waals surface area contributed by atoms with Gasteiger partial charge in [0, 0.05) is 13.1 Å². The number of carbonyl (C=O) groups excluding carboxylic acids is 1. The van der Waals surface area contributed by atoms with Gasteiger partial charge in [0.1, 0.15) is 6.33 Å². The van der Waals surface area contributed by atoms with E-state index in [-0.39, 0.29) is 29.8 Å². The Hall–Kier alpha value is -2.45. The lowest BCUT2D eigenvalue weighted by Crippen LogP contribution is -2.39. The molecule has 1 aromatic rings. The summed E-state index contributed by atoms with van der Waals surface area (Å²) in [6, 6.07) is 0. The van der Waals surface area contributed by atoms with Gasteiger partial charge in [-0.3, -0.25) is 14.9 Å². The number of likely N-dealkylation sites (tertiary alicyclic amines) is 1. The standard InChI is InChI=1S/C12H17N5O4/c1-21-12-10(17(19)20)11(14-8-15-12)13-7-9(18)16-5-3-2-4-6-16/h8H,2-7H2,1H3,(H,13,14,15). The van der Waals surface area contributed by atoms with Crippen LogP contribution in [0.5, 0.6) is 5.88 Å². The van der Waals surface area contributed by atoms with Crippen LogP contribution in [0.1, 0.15) is 19.3 Å². The van der Waals surface area contributed by atoms with E-state index in [1.807, 2.05) is 0 Å². The third-order valence-corrected chi connectivity index (χ3v) is 3.28. The van der Waals surface area contributed by atoms with Gasteiger partial charge in [-0.2, -0.15) is 4.98 Å². The Bertz CT molecular complexity index is 530. The largest absolute Gasteiger partial charge is 0.476 e. The molecule has 0 radical (unpaired) electrons. The maximum Gasteiger partial charge on any atom is 0.372 e. The van der Waals surface area contributed by atoms with E-state index >= 15 is 0 Å². The number of carbonyl (C=O) groups is 1. The summed E-state index contributed by atoms with van der Waals surface area (Å²) in [5.74, 6) is -0.248. The highest BCUT2D eigenvalue weighted by Crippen LogP contribution is 2.30. The van der Waals surface area contributed by atoms with E-state index in [1.54, 1.807) is 4.90 Å². The van der Waals surface area contributed by atoms with Gasteiger partial charge in [0.15, 0.2) is 0 Å². The summed E-state index contributed by atoms with van der Waals surface area (Å²) in [6.07, 6.45) is 4.27. The summed E-state index contributed by atoms with van der Waals surface area (Å²) in [5.41, 5.74) is -0.369. The number of hydrogen-bond acceptors (Lipinski definition) is 7. The molecule has 1 aliphatic heterocycles. The number of hydrogen-bond donors (Lipinski definition) is 1. The Morgan fingerprint density at radius 1 is 1.43 bits per heavy atom. The molecule has 21 heavy (non-hydrogen) atoms. The van der Waals surface area contributed by atoms with Crippen LogP contribution in [0.4, 0.5) is 11.5 Å². The highest BCUT2D eigenvalue weighted by Gasteiger charge is 2.25. The zero-order valence-corrected chi connectivity index (χ0v) is 11.7. The molecule has 1 amide bonds. The molecule has 1 N–H and O–H groups in total. The molecule has 0 aliphatic carbocycles. The van der Waals surface area contributed by atoms with Crippen molar-refractivity contribution >= 4 is 17.4 Å². The summed E-state index contributed by atoms with van der Waals surface area (Å²) in [5, 5.41) is 13.8. The quantitative estimate of drug-likeness (QED) is 0.632. The summed E-state index contributed by atoms with van der Waals surface area (Å²) >= 11 is 0. The minimum absolute atomic E-state index is 0.0165. The number of nitrogens with zero attached hydrogens (tertiary/aromatic N) is 4. The van der Waals surface area contributed by atoms with E-state index in [0.717, 1.165) is 38.7 Å². The molecule has 0 saturated carbocycles. The number of anilines is 1. The fourth-order valence-electron chi connectivity index (χ4n) is 2.22. The van der Waals surface area contributed by atoms with Crippen LogP contribution in [0, 0.1) is 10.1 Å². The van der Waals surface area contributed by atoms with E-state index in [2.05, 4.69) is 15.3 Å². The zero-order chi connectivity index (χ0) is 15.2. The molecule has 1 aromatic heterocycles. The first-order valence-corrected chi connectivity index (χ1v) is 6.68. The van der Waals surface area contributed by atoms with Gasteiger partial charge >= 0.3 is 5.69 Å². The highest BCUT2D eigenvalue weighted by molar-refractivity contribution is 5.81. The van der Waals surface area contributed by atoms with Crippen LogP contribution < -0.4 is 10.1 Å². The van der Waals surface area contributed by atoms with Gasteiger partial charge < -0.3 is 15.0 Å². The third-order valence-electron chi connectivity index (χ3n) is 3.28. The molecule has 1 saturated heterocycles. The summed E-state index contributed by atoms with van der Waals surface area (Å²) in [7, 11) is 1.29. The van der Waals surface area contributed by atoms with Crippen LogP contribution >= 0.6 is 0 Å². The maximum absolute atomic E-state index is 12.0. The van der Waals surface area contributed by atoms with Crippen molar-refractivity contribution in [3.63, 3.8) is 0 Å². The van der Waals surface area contributed by atoms with E-state index in [4.69, 9.17) is 4.74 Å². The Balaban J connectivity index is 2.05. The average molecular weight is 295 g/mol. The second-order valence-corrected chi connectivity index (χ2v) is 4.63. The lowest BCUT2D eigenvalue weighted by Gasteiger charge is -2.26.